The Morgan fingerprint density at radius 2 is 2.12 bits per heavy atom. The van der Waals surface area contributed by atoms with Crippen LogP contribution in [-0.2, 0) is 9.53 Å². The Kier molecular flexibility index (Phi) is 8.72. The maximum Gasteiger partial charge on any atom is 0.334 e. The maximum absolute atomic E-state index is 12.1. The number of allylic oxidation sites excluding steroid dienone is 2. The summed E-state index contributed by atoms with van der Waals surface area (Å²) in [6, 6.07) is 0. The van der Waals surface area contributed by atoms with Gasteiger partial charge in [0.25, 0.3) is 0 Å². The Morgan fingerprint density at radius 1 is 1.42 bits per heavy atom. The summed E-state index contributed by atoms with van der Waals surface area (Å²) < 4.78 is 5.52. The Bertz CT molecular complexity index is 540. The molecule has 0 spiro atoms. The van der Waals surface area contributed by atoms with E-state index in [9.17, 15) is 9.90 Å². The van der Waals surface area contributed by atoms with Gasteiger partial charge in [0.1, 0.15) is 6.10 Å². The van der Waals surface area contributed by atoms with Crippen LogP contribution >= 0.6 is 0 Å². The fourth-order valence-corrected chi connectivity index (χ4v) is 2.52. The summed E-state index contributed by atoms with van der Waals surface area (Å²) in [5.74, 6) is -0.288. The molecule has 1 aliphatic rings. The molecule has 0 saturated heterocycles. The number of aliphatic hydroxyl groups excluding tert-OH is 2. The van der Waals surface area contributed by atoms with E-state index >= 15 is 0 Å². The first-order chi connectivity index (χ1) is 11.3. The van der Waals surface area contributed by atoms with Crippen LogP contribution in [0, 0.1) is 0 Å². The third-order valence-electron chi connectivity index (χ3n) is 4.30. The smallest absolute Gasteiger partial charge is 0.334 e. The van der Waals surface area contributed by atoms with Crippen LogP contribution in [0.2, 0.25) is 0 Å². The summed E-state index contributed by atoms with van der Waals surface area (Å²) in [5, 5.41) is 18.6. The number of rotatable bonds is 9. The standard InChI is InChI=1S/C20H30O4/c1-14(2)18(22)10-8-17-9-11-19(24-20(17)23)16(4)7-5-6-15(3)12-13-21/h7,9,12,18-19,21-22H,1,5-6,8,10-11,13H2,2-4H3/b15-12-,16-7+/t18-,19+/m0/s1. The van der Waals surface area contributed by atoms with Crippen LogP contribution in [0.5, 0.6) is 0 Å². The van der Waals surface area contributed by atoms with Crippen molar-refractivity contribution in [3.8, 4) is 0 Å². The summed E-state index contributed by atoms with van der Waals surface area (Å²) in [4.78, 5) is 12.1. The average Bonchev–Trinajstić information content (AvgIpc) is 2.53. The van der Waals surface area contributed by atoms with Gasteiger partial charge in [0.05, 0.1) is 12.7 Å². The highest BCUT2D eigenvalue weighted by molar-refractivity contribution is 5.89. The van der Waals surface area contributed by atoms with Crippen molar-refractivity contribution in [1.29, 1.82) is 0 Å². The third kappa shape index (κ3) is 6.85. The normalized spacial score (nSPS) is 20.5. The van der Waals surface area contributed by atoms with E-state index in [1.165, 1.54) is 0 Å². The van der Waals surface area contributed by atoms with Gasteiger partial charge in [-0.25, -0.2) is 4.79 Å². The van der Waals surface area contributed by atoms with Crippen molar-refractivity contribution in [2.45, 2.75) is 65.1 Å². The zero-order valence-corrected chi connectivity index (χ0v) is 15.0. The number of hydrogen-bond acceptors (Lipinski definition) is 4. The Labute approximate surface area is 145 Å². The Balaban J connectivity index is 2.52. The van der Waals surface area contributed by atoms with Crippen molar-refractivity contribution in [2.75, 3.05) is 6.61 Å². The quantitative estimate of drug-likeness (QED) is 0.499. The molecule has 0 aromatic rings. The maximum atomic E-state index is 12.1. The van der Waals surface area contributed by atoms with Crippen LogP contribution in [0.3, 0.4) is 0 Å². The molecule has 24 heavy (non-hydrogen) atoms. The second kappa shape index (κ2) is 10.3. The average molecular weight is 334 g/mol. The van der Waals surface area contributed by atoms with Crippen LogP contribution < -0.4 is 0 Å². The fraction of sp³-hybridized carbons (Fsp3) is 0.550. The van der Waals surface area contributed by atoms with E-state index in [-0.39, 0.29) is 18.7 Å². The van der Waals surface area contributed by atoms with Crippen molar-refractivity contribution in [2.24, 2.45) is 0 Å². The molecular weight excluding hydrogens is 304 g/mol. The van der Waals surface area contributed by atoms with Gasteiger partial charge in [0.2, 0.25) is 0 Å². The molecule has 0 radical (unpaired) electrons. The molecule has 2 atom stereocenters. The number of carbonyl (C=O) groups excluding carboxylic acids is 1. The second-order valence-electron chi connectivity index (χ2n) is 6.48. The highest BCUT2D eigenvalue weighted by Gasteiger charge is 2.24. The van der Waals surface area contributed by atoms with Crippen LogP contribution in [-0.4, -0.2) is 35.0 Å². The van der Waals surface area contributed by atoms with E-state index < -0.39 is 6.10 Å². The summed E-state index contributed by atoms with van der Waals surface area (Å²) in [7, 11) is 0. The number of hydrogen-bond donors (Lipinski definition) is 2. The number of carbonyl (C=O) groups is 1. The predicted molar refractivity (Wildman–Crippen MR) is 96.5 cm³/mol. The highest BCUT2D eigenvalue weighted by atomic mass is 16.5. The number of ether oxygens (including phenoxy) is 1. The summed E-state index contributed by atoms with van der Waals surface area (Å²) in [6.07, 6.45) is 8.48. The SMILES string of the molecule is C=C(C)[C@@H](O)CCC1=CC[C@H](/C(C)=C/CC/C(C)=C\CO)OC1=O. The molecule has 1 heterocycles. The van der Waals surface area contributed by atoms with E-state index in [4.69, 9.17) is 9.84 Å². The minimum atomic E-state index is -0.576. The van der Waals surface area contributed by atoms with E-state index in [1.54, 1.807) is 13.0 Å². The number of esters is 1. The minimum Gasteiger partial charge on any atom is -0.454 e. The van der Waals surface area contributed by atoms with Gasteiger partial charge in [-0.15, -0.1) is 0 Å². The third-order valence-corrected chi connectivity index (χ3v) is 4.30. The molecular formula is C20H30O4. The largest absolute Gasteiger partial charge is 0.454 e. The van der Waals surface area contributed by atoms with Crippen molar-refractivity contribution in [1.82, 2.24) is 0 Å². The molecule has 0 bridgehead atoms. The summed E-state index contributed by atoms with van der Waals surface area (Å²) in [5.41, 5.74) is 3.56. The predicted octanol–water partition coefficient (Wildman–Crippen LogP) is 3.61. The van der Waals surface area contributed by atoms with Gasteiger partial charge in [0, 0.05) is 12.0 Å². The van der Waals surface area contributed by atoms with Crippen LogP contribution in [0.4, 0.5) is 0 Å². The van der Waals surface area contributed by atoms with E-state index in [1.807, 2.05) is 19.9 Å². The lowest BCUT2D eigenvalue weighted by atomic mass is 9.97. The molecule has 0 aromatic carbocycles. The Hall–Kier alpha value is -1.65. The number of cyclic esters (lactones) is 1. The lowest BCUT2D eigenvalue weighted by molar-refractivity contribution is -0.143. The van der Waals surface area contributed by atoms with E-state index in [0.717, 1.165) is 24.0 Å². The molecule has 1 aliphatic heterocycles. The first kappa shape index (κ1) is 20.4. The van der Waals surface area contributed by atoms with Crippen LogP contribution in [0.25, 0.3) is 0 Å². The van der Waals surface area contributed by atoms with Crippen molar-refractivity contribution < 1.29 is 19.7 Å². The molecule has 2 N–H and O–H groups in total. The number of aliphatic hydroxyl groups is 2. The van der Waals surface area contributed by atoms with E-state index in [0.29, 0.717) is 30.4 Å². The monoisotopic (exact) mass is 334 g/mol. The molecule has 0 unspecified atom stereocenters. The molecule has 4 heteroatoms. The van der Waals surface area contributed by atoms with Gasteiger partial charge in [-0.05, 0) is 52.0 Å². The lowest BCUT2D eigenvalue weighted by Crippen LogP contribution is -2.25. The minimum absolute atomic E-state index is 0.0718. The summed E-state index contributed by atoms with van der Waals surface area (Å²) in [6.45, 7) is 9.54. The van der Waals surface area contributed by atoms with Crippen molar-refractivity contribution in [3.05, 3.63) is 47.1 Å². The molecule has 1 rings (SSSR count). The molecule has 4 nitrogen and oxygen atoms in total. The van der Waals surface area contributed by atoms with Crippen molar-refractivity contribution in [3.63, 3.8) is 0 Å². The lowest BCUT2D eigenvalue weighted by Gasteiger charge is -2.23. The van der Waals surface area contributed by atoms with Crippen molar-refractivity contribution >= 4 is 5.97 Å². The van der Waals surface area contributed by atoms with E-state index in [2.05, 4.69) is 12.7 Å². The first-order valence-corrected chi connectivity index (χ1v) is 8.51. The molecule has 134 valence electrons. The molecule has 0 aromatic heterocycles. The van der Waals surface area contributed by atoms with Crippen LogP contribution in [0.1, 0.15) is 52.9 Å². The van der Waals surface area contributed by atoms with Gasteiger partial charge in [0.15, 0.2) is 0 Å². The molecule has 0 amide bonds. The second-order valence-corrected chi connectivity index (χ2v) is 6.48. The van der Waals surface area contributed by atoms with Gasteiger partial charge >= 0.3 is 5.97 Å². The Morgan fingerprint density at radius 3 is 2.71 bits per heavy atom. The zero-order valence-electron chi connectivity index (χ0n) is 15.0. The topological polar surface area (TPSA) is 66.8 Å². The zero-order chi connectivity index (χ0) is 18.1. The fourth-order valence-electron chi connectivity index (χ4n) is 2.52. The van der Waals surface area contributed by atoms with Gasteiger partial charge in [-0.2, -0.15) is 0 Å². The highest BCUT2D eigenvalue weighted by Crippen LogP contribution is 2.24. The van der Waals surface area contributed by atoms with Gasteiger partial charge < -0.3 is 14.9 Å². The molecule has 0 saturated carbocycles. The molecule has 0 aliphatic carbocycles. The first-order valence-electron chi connectivity index (χ1n) is 8.51. The van der Waals surface area contributed by atoms with Gasteiger partial charge in [-0.1, -0.05) is 36.0 Å². The molecule has 0 fully saturated rings. The van der Waals surface area contributed by atoms with Crippen LogP contribution in [0.15, 0.2) is 47.1 Å². The van der Waals surface area contributed by atoms with Gasteiger partial charge in [-0.3, -0.25) is 0 Å². The summed E-state index contributed by atoms with van der Waals surface area (Å²) >= 11 is 0.